The summed E-state index contributed by atoms with van der Waals surface area (Å²) in [6, 6.07) is 7.32. The molecular formula is C13H13N3O3. The van der Waals surface area contributed by atoms with E-state index in [1.807, 2.05) is 19.2 Å². The summed E-state index contributed by atoms with van der Waals surface area (Å²) < 4.78 is 10.1. The lowest BCUT2D eigenvalue weighted by Gasteiger charge is -2.06. The summed E-state index contributed by atoms with van der Waals surface area (Å²) in [6.45, 7) is 0. The molecule has 1 N–H and O–H groups in total. The van der Waals surface area contributed by atoms with Gasteiger partial charge in [-0.3, -0.25) is 4.98 Å². The third-order valence-electron chi connectivity index (χ3n) is 2.37. The Morgan fingerprint density at radius 3 is 2.58 bits per heavy atom. The number of ether oxygens (including phenoxy) is 2. The predicted octanol–water partition coefficient (Wildman–Crippen LogP) is 2.10. The van der Waals surface area contributed by atoms with Crippen molar-refractivity contribution in [2.45, 2.75) is 0 Å². The minimum Gasteiger partial charge on any atom is -0.464 e. The van der Waals surface area contributed by atoms with Crippen LogP contribution in [0.4, 0.5) is 5.69 Å². The molecule has 0 aliphatic heterocycles. The summed E-state index contributed by atoms with van der Waals surface area (Å²) in [6.07, 6.45) is 2.75. The third-order valence-corrected chi connectivity index (χ3v) is 2.37. The first-order valence-electron chi connectivity index (χ1n) is 5.59. The van der Waals surface area contributed by atoms with Crippen LogP contribution in [0.2, 0.25) is 0 Å². The van der Waals surface area contributed by atoms with Crippen molar-refractivity contribution in [2.75, 3.05) is 19.5 Å². The molecule has 0 saturated carbocycles. The highest BCUT2D eigenvalue weighted by molar-refractivity contribution is 5.86. The highest BCUT2D eigenvalue weighted by Gasteiger charge is 2.09. The molecular weight excluding hydrogens is 246 g/mol. The van der Waals surface area contributed by atoms with Crippen molar-refractivity contribution in [1.82, 2.24) is 9.97 Å². The van der Waals surface area contributed by atoms with Crippen molar-refractivity contribution in [3.63, 3.8) is 0 Å². The molecule has 19 heavy (non-hydrogen) atoms. The first-order chi connectivity index (χ1) is 9.22. The number of benzene rings is 1. The Kier molecular flexibility index (Phi) is 3.92. The maximum atomic E-state index is 11.3. The van der Waals surface area contributed by atoms with Gasteiger partial charge >= 0.3 is 5.97 Å². The Balaban J connectivity index is 2.16. The molecule has 1 aromatic carbocycles. The SMILES string of the molecule is CNc1ccc(Oc2cncc(C(=O)OC)n2)cc1. The maximum Gasteiger partial charge on any atom is 0.358 e. The Hall–Kier alpha value is -2.63. The topological polar surface area (TPSA) is 73.3 Å². The van der Waals surface area contributed by atoms with E-state index in [-0.39, 0.29) is 11.6 Å². The number of carbonyl (C=O) groups is 1. The van der Waals surface area contributed by atoms with Gasteiger partial charge in [0.1, 0.15) is 5.75 Å². The van der Waals surface area contributed by atoms with Crippen LogP contribution < -0.4 is 10.1 Å². The van der Waals surface area contributed by atoms with Crippen LogP contribution in [0.5, 0.6) is 11.6 Å². The minimum absolute atomic E-state index is 0.104. The summed E-state index contributed by atoms with van der Waals surface area (Å²) in [4.78, 5) is 19.2. The first kappa shape index (κ1) is 12.8. The Morgan fingerprint density at radius 2 is 1.95 bits per heavy atom. The smallest absolute Gasteiger partial charge is 0.358 e. The van der Waals surface area contributed by atoms with E-state index in [0.29, 0.717) is 5.75 Å². The average molecular weight is 259 g/mol. The Bertz CT molecular complexity index is 570. The summed E-state index contributed by atoms with van der Waals surface area (Å²) in [5, 5.41) is 3.00. The molecule has 6 nitrogen and oxygen atoms in total. The van der Waals surface area contributed by atoms with Gasteiger partial charge in [0.25, 0.3) is 0 Å². The van der Waals surface area contributed by atoms with Crippen LogP contribution >= 0.6 is 0 Å². The molecule has 0 aliphatic rings. The van der Waals surface area contributed by atoms with Crippen molar-refractivity contribution in [1.29, 1.82) is 0 Å². The number of anilines is 1. The molecule has 0 atom stereocenters. The number of carbonyl (C=O) groups excluding carboxylic acids is 1. The van der Waals surface area contributed by atoms with E-state index in [1.54, 1.807) is 12.1 Å². The number of methoxy groups -OCH3 is 1. The molecule has 0 spiro atoms. The van der Waals surface area contributed by atoms with Crippen molar-refractivity contribution in [2.24, 2.45) is 0 Å². The van der Waals surface area contributed by atoms with Gasteiger partial charge < -0.3 is 14.8 Å². The molecule has 0 bridgehead atoms. The second-order valence-electron chi connectivity index (χ2n) is 3.61. The van der Waals surface area contributed by atoms with Gasteiger partial charge in [0, 0.05) is 12.7 Å². The van der Waals surface area contributed by atoms with Crippen molar-refractivity contribution in [3.05, 3.63) is 42.4 Å². The molecule has 1 heterocycles. The molecule has 2 aromatic rings. The van der Waals surface area contributed by atoms with E-state index >= 15 is 0 Å². The number of nitrogens with zero attached hydrogens (tertiary/aromatic N) is 2. The zero-order valence-electron chi connectivity index (χ0n) is 10.6. The number of rotatable bonds is 4. The number of aromatic nitrogens is 2. The van der Waals surface area contributed by atoms with Crippen LogP contribution in [0.3, 0.4) is 0 Å². The second-order valence-corrected chi connectivity index (χ2v) is 3.61. The number of nitrogens with one attached hydrogen (secondary N) is 1. The van der Waals surface area contributed by atoms with Crippen LogP contribution in [-0.2, 0) is 4.74 Å². The van der Waals surface area contributed by atoms with Crippen LogP contribution in [-0.4, -0.2) is 30.1 Å². The molecule has 0 saturated heterocycles. The summed E-state index contributed by atoms with van der Waals surface area (Å²) in [7, 11) is 3.12. The molecule has 6 heteroatoms. The molecule has 0 unspecified atom stereocenters. The van der Waals surface area contributed by atoms with E-state index in [0.717, 1.165) is 5.69 Å². The quantitative estimate of drug-likeness (QED) is 0.847. The zero-order chi connectivity index (χ0) is 13.7. The number of hydrogen-bond acceptors (Lipinski definition) is 6. The van der Waals surface area contributed by atoms with Crippen molar-refractivity contribution >= 4 is 11.7 Å². The molecule has 0 aliphatic carbocycles. The van der Waals surface area contributed by atoms with E-state index < -0.39 is 5.97 Å². The number of hydrogen-bond donors (Lipinski definition) is 1. The van der Waals surface area contributed by atoms with Crippen LogP contribution in [0.1, 0.15) is 10.5 Å². The molecule has 2 rings (SSSR count). The van der Waals surface area contributed by atoms with Gasteiger partial charge in [0.2, 0.25) is 5.88 Å². The fourth-order valence-corrected chi connectivity index (χ4v) is 1.41. The van der Waals surface area contributed by atoms with E-state index in [2.05, 4.69) is 20.0 Å². The lowest BCUT2D eigenvalue weighted by molar-refractivity contribution is 0.0592. The third kappa shape index (κ3) is 3.19. The van der Waals surface area contributed by atoms with Gasteiger partial charge in [-0.2, -0.15) is 0 Å². The fourth-order valence-electron chi connectivity index (χ4n) is 1.41. The van der Waals surface area contributed by atoms with Crippen molar-refractivity contribution in [3.8, 4) is 11.6 Å². The summed E-state index contributed by atoms with van der Waals surface area (Å²) in [5.74, 6) is 0.291. The van der Waals surface area contributed by atoms with Gasteiger partial charge in [-0.25, -0.2) is 9.78 Å². The minimum atomic E-state index is -0.552. The van der Waals surface area contributed by atoms with Gasteiger partial charge in [-0.1, -0.05) is 0 Å². The molecule has 98 valence electrons. The standard InChI is InChI=1S/C13H13N3O3/c1-14-9-3-5-10(6-4-9)19-12-8-15-7-11(16-12)13(17)18-2/h3-8,14H,1-2H3. The second kappa shape index (κ2) is 5.81. The van der Waals surface area contributed by atoms with E-state index in [1.165, 1.54) is 19.5 Å². The van der Waals surface area contributed by atoms with Crippen molar-refractivity contribution < 1.29 is 14.3 Å². The summed E-state index contributed by atoms with van der Waals surface area (Å²) in [5.41, 5.74) is 1.08. The van der Waals surface area contributed by atoms with E-state index in [4.69, 9.17) is 4.74 Å². The zero-order valence-corrected chi connectivity index (χ0v) is 10.6. The average Bonchev–Trinajstić information content (AvgIpc) is 2.47. The van der Waals surface area contributed by atoms with Crippen LogP contribution in [0, 0.1) is 0 Å². The first-order valence-corrected chi connectivity index (χ1v) is 5.59. The predicted molar refractivity (Wildman–Crippen MR) is 69.4 cm³/mol. The normalized spacial score (nSPS) is 9.79. The summed E-state index contributed by atoms with van der Waals surface area (Å²) >= 11 is 0. The van der Waals surface area contributed by atoms with Gasteiger partial charge in [0.15, 0.2) is 5.69 Å². The molecule has 0 radical (unpaired) electrons. The lowest BCUT2D eigenvalue weighted by Crippen LogP contribution is -2.05. The molecule has 0 amide bonds. The lowest BCUT2D eigenvalue weighted by atomic mass is 10.3. The van der Waals surface area contributed by atoms with Gasteiger partial charge in [-0.05, 0) is 24.3 Å². The van der Waals surface area contributed by atoms with Crippen LogP contribution in [0.15, 0.2) is 36.7 Å². The fraction of sp³-hybridized carbons (Fsp3) is 0.154. The Morgan fingerprint density at radius 1 is 1.21 bits per heavy atom. The van der Waals surface area contributed by atoms with Crippen LogP contribution in [0.25, 0.3) is 0 Å². The van der Waals surface area contributed by atoms with Gasteiger partial charge in [0.05, 0.1) is 19.5 Å². The molecule has 1 aromatic heterocycles. The molecule has 0 fully saturated rings. The Labute approximate surface area is 110 Å². The van der Waals surface area contributed by atoms with Gasteiger partial charge in [-0.15, -0.1) is 0 Å². The monoisotopic (exact) mass is 259 g/mol. The highest BCUT2D eigenvalue weighted by atomic mass is 16.5. The van der Waals surface area contributed by atoms with E-state index in [9.17, 15) is 4.79 Å². The highest BCUT2D eigenvalue weighted by Crippen LogP contribution is 2.20. The largest absolute Gasteiger partial charge is 0.464 e. The number of esters is 1. The maximum absolute atomic E-state index is 11.3.